The monoisotopic (exact) mass is 624 g/mol. The van der Waals surface area contributed by atoms with Crippen molar-refractivity contribution >= 4 is 39.2 Å². The fourth-order valence-electron chi connectivity index (χ4n) is 5.14. The van der Waals surface area contributed by atoms with Gasteiger partial charge < -0.3 is 9.73 Å². The number of rotatable bonds is 10. The number of para-hydroxylation sites is 1. The zero-order chi connectivity index (χ0) is 32.2. The van der Waals surface area contributed by atoms with Gasteiger partial charge in [0, 0.05) is 23.7 Å². The molecule has 0 spiro atoms. The van der Waals surface area contributed by atoms with Crippen LogP contribution in [0.2, 0.25) is 0 Å². The van der Waals surface area contributed by atoms with Crippen LogP contribution in [-0.2, 0) is 31.5 Å². The molecule has 0 bridgehead atoms. The molecule has 1 aliphatic carbocycles. The average Bonchev–Trinajstić information content (AvgIpc) is 3.48. The molecule has 2 N–H and O–H groups in total. The smallest absolute Gasteiger partial charge is 0.265 e. The second-order valence-electron chi connectivity index (χ2n) is 12.0. The molecule has 45 heavy (non-hydrogen) atoms. The van der Waals surface area contributed by atoms with Crippen molar-refractivity contribution in [3.05, 3.63) is 126 Å². The molecule has 0 saturated carbocycles. The topological polar surface area (TPSA) is 117 Å². The van der Waals surface area contributed by atoms with Gasteiger partial charge in [0.15, 0.2) is 0 Å². The maximum absolute atomic E-state index is 14.7. The van der Waals surface area contributed by atoms with Crippen LogP contribution in [-0.4, -0.2) is 30.5 Å². The third-order valence-corrected chi connectivity index (χ3v) is 8.34. The highest BCUT2D eigenvalue weighted by molar-refractivity contribution is 7.85. The van der Waals surface area contributed by atoms with Crippen LogP contribution in [0.15, 0.2) is 114 Å². The summed E-state index contributed by atoms with van der Waals surface area (Å²) < 4.78 is 37.1. The Morgan fingerprint density at radius 2 is 1.53 bits per heavy atom. The van der Waals surface area contributed by atoms with Crippen LogP contribution in [0.5, 0.6) is 0 Å². The van der Waals surface area contributed by atoms with E-state index in [1.807, 2.05) is 84.9 Å². The van der Waals surface area contributed by atoms with Crippen molar-refractivity contribution in [2.45, 2.75) is 44.9 Å². The molecule has 5 rings (SSSR count). The minimum absolute atomic E-state index is 0.0520. The van der Waals surface area contributed by atoms with Crippen LogP contribution in [0.25, 0.3) is 11.3 Å². The van der Waals surface area contributed by atoms with Crippen molar-refractivity contribution < 1.29 is 27.0 Å². The molecule has 1 atom stereocenters. The second-order valence-corrected chi connectivity index (χ2v) is 13.6. The number of amides is 2. The number of nitrogens with one attached hydrogen (secondary N) is 1. The molecular weight excluding hydrogens is 588 g/mol. The van der Waals surface area contributed by atoms with Gasteiger partial charge in [-0.3, -0.25) is 19.0 Å². The molecule has 0 saturated heterocycles. The molecule has 3 aromatic rings. The van der Waals surface area contributed by atoms with E-state index in [4.69, 9.17) is 8.97 Å². The first-order valence-electron chi connectivity index (χ1n) is 14.7. The van der Waals surface area contributed by atoms with Crippen molar-refractivity contribution in [1.82, 2.24) is 0 Å². The first-order chi connectivity index (χ1) is 21.4. The maximum atomic E-state index is 14.7. The van der Waals surface area contributed by atoms with Gasteiger partial charge in [0.25, 0.3) is 10.1 Å². The van der Waals surface area contributed by atoms with E-state index < -0.39 is 27.7 Å². The Kier molecular flexibility index (Phi) is 9.22. The van der Waals surface area contributed by atoms with Crippen LogP contribution in [0, 0.1) is 0 Å². The van der Waals surface area contributed by atoms with Crippen molar-refractivity contribution in [2.75, 3.05) is 16.0 Å². The number of carbonyl (C=O) groups excluding carboxylic acids is 2. The van der Waals surface area contributed by atoms with Crippen LogP contribution in [0.3, 0.4) is 0 Å². The first kappa shape index (κ1) is 31.7. The lowest BCUT2D eigenvalue weighted by Gasteiger charge is -2.28. The molecule has 2 aliphatic rings. The minimum Gasteiger partial charge on any atom is -0.440 e. The first-order valence-corrected chi connectivity index (χ1v) is 16.3. The lowest BCUT2D eigenvalue weighted by atomic mass is 9.84. The van der Waals surface area contributed by atoms with Gasteiger partial charge >= 0.3 is 0 Å². The number of nitrogens with zero attached hydrogens (tertiary/aromatic N) is 1. The summed E-state index contributed by atoms with van der Waals surface area (Å²) in [6.45, 7) is 6.43. The number of hydrogen-bond donors (Lipinski definition) is 2. The maximum Gasteiger partial charge on any atom is 0.265 e. The van der Waals surface area contributed by atoms with Gasteiger partial charge in [-0.2, -0.15) is 8.42 Å². The Balaban J connectivity index is 1.49. The quantitative estimate of drug-likeness (QED) is 0.155. The summed E-state index contributed by atoms with van der Waals surface area (Å²) in [7, 11) is -4.24. The molecule has 1 aliphatic heterocycles. The molecule has 9 heteroatoms. The van der Waals surface area contributed by atoms with Crippen LogP contribution >= 0.6 is 0 Å². The van der Waals surface area contributed by atoms with Gasteiger partial charge in [-0.15, -0.1) is 0 Å². The highest BCUT2D eigenvalue weighted by Gasteiger charge is 2.31. The Labute approximate surface area is 263 Å². The average molecular weight is 625 g/mol. The van der Waals surface area contributed by atoms with E-state index >= 15 is 0 Å². The molecule has 3 aromatic carbocycles. The summed E-state index contributed by atoms with van der Waals surface area (Å²) in [5, 5.41) is 2.64. The molecule has 2 amide bonds. The summed E-state index contributed by atoms with van der Waals surface area (Å²) in [4.78, 5) is 28.5. The molecular formula is C36H36N2O6S. The Morgan fingerprint density at radius 1 is 0.844 bits per heavy atom. The van der Waals surface area contributed by atoms with Crippen LogP contribution in [0.4, 0.5) is 17.3 Å². The van der Waals surface area contributed by atoms with Crippen molar-refractivity contribution in [3.63, 3.8) is 0 Å². The van der Waals surface area contributed by atoms with Gasteiger partial charge in [-0.05, 0) is 64.9 Å². The van der Waals surface area contributed by atoms with E-state index in [0.717, 1.165) is 22.3 Å². The number of carbonyl (C=O) groups is 2. The molecule has 8 nitrogen and oxygen atoms in total. The van der Waals surface area contributed by atoms with Crippen LogP contribution < -0.4 is 10.2 Å². The zero-order valence-corrected chi connectivity index (χ0v) is 26.3. The lowest BCUT2D eigenvalue weighted by Crippen LogP contribution is -2.32. The molecule has 0 radical (unpaired) electrons. The van der Waals surface area contributed by atoms with Gasteiger partial charge in [0.1, 0.15) is 5.76 Å². The van der Waals surface area contributed by atoms with Crippen molar-refractivity contribution in [2.24, 2.45) is 0 Å². The van der Waals surface area contributed by atoms with Crippen molar-refractivity contribution in [1.29, 1.82) is 0 Å². The molecule has 232 valence electrons. The Hall–Kier alpha value is -4.73. The second kappa shape index (κ2) is 13.1. The van der Waals surface area contributed by atoms with E-state index in [0.29, 0.717) is 29.4 Å². The standard InChI is InChI=1S/C36H36N2O6S/c1-36(2,3)28-17-14-26(15-18-28)31(24-25-12-19-29(20-13-25)37-33(39)22-23-45(41,42)43)35(40)38(30-9-5-4-6-10-30)34-21-16-27-8-7-11-32(27)44-34/h4-21,31H,22-24H2,1-3H3,(H,37,39)(H,41,42,43). The van der Waals surface area contributed by atoms with Gasteiger partial charge in [-0.1, -0.05) is 87.5 Å². The third kappa shape index (κ3) is 8.06. The van der Waals surface area contributed by atoms with Gasteiger partial charge in [0.2, 0.25) is 17.7 Å². The van der Waals surface area contributed by atoms with Crippen molar-refractivity contribution in [3.8, 4) is 11.3 Å². The molecule has 0 fully saturated rings. The summed E-state index contributed by atoms with van der Waals surface area (Å²) in [6, 6.07) is 34.1. The zero-order valence-electron chi connectivity index (χ0n) is 25.4. The van der Waals surface area contributed by atoms with Crippen LogP contribution in [0.1, 0.15) is 49.8 Å². The van der Waals surface area contributed by atoms with Gasteiger partial charge in [-0.25, -0.2) is 0 Å². The fourth-order valence-corrected chi connectivity index (χ4v) is 5.58. The summed E-state index contributed by atoms with van der Waals surface area (Å²) in [5.74, 6) is -0.846. The fraction of sp³-hybridized carbons (Fsp3) is 0.222. The summed E-state index contributed by atoms with van der Waals surface area (Å²) in [5.41, 5.74) is 4.91. The van der Waals surface area contributed by atoms with Gasteiger partial charge in [0.05, 0.1) is 17.4 Å². The number of hydrogen-bond acceptors (Lipinski definition) is 5. The minimum atomic E-state index is -4.24. The lowest BCUT2D eigenvalue weighted by molar-refractivity contribution is -0.119. The van der Waals surface area contributed by atoms with E-state index in [1.54, 1.807) is 17.0 Å². The number of benzene rings is 3. The molecule has 0 aromatic heterocycles. The highest BCUT2D eigenvalue weighted by atomic mass is 32.2. The Morgan fingerprint density at radius 3 is 2.18 bits per heavy atom. The van der Waals surface area contributed by atoms with E-state index in [2.05, 4.69) is 38.2 Å². The predicted molar refractivity (Wildman–Crippen MR) is 177 cm³/mol. The van der Waals surface area contributed by atoms with E-state index in [1.165, 1.54) is 0 Å². The molecule has 1 unspecified atom stereocenters. The Bertz CT molecular complexity index is 1840. The summed E-state index contributed by atoms with van der Waals surface area (Å²) >= 11 is 0. The van der Waals surface area contributed by atoms with E-state index in [-0.39, 0.29) is 17.7 Å². The number of anilines is 3. The SMILES string of the molecule is CC(C)(C)c1ccc(C(Cc2ccc(NC(=O)CCS(=O)(=O)O)cc2)C(=O)N(c2ccccc2)c2ccc3cccc-3o2)cc1. The predicted octanol–water partition coefficient (Wildman–Crippen LogP) is 7.59. The number of fused-ring (bicyclic) bond motifs is 1. The highest BCUT2D eigenvalue weighted by Crippen LogP contribution is 2.36. The normalized spacial score (nSPS) is 12.5. The summed E-state index contributed by atoms with van der Waals surface area (Å²) in [6.07, 6.45) is 0.00521. The largest absolute Gasteiger partial charge is 0.440 e. The van der Waals surface area contributed by atoms with E-state index in [9.17, 15) is 18.0 Å². The molecule has 1 heterocycles. The third-order valence-electron chi connectivity index (χ3n) is 7.62.